The summed E-state index contributed by atoms with van der Waals surface area (Å²) in [5.74, 6) is 1.65. The van der Waals surface area contributed by atoms with Crippen molar-refractivity contribution in [1.82, 2.24) is 14.8 Å². The predicted molar refractivity (Wildman–Crippen MR) is 120 cm³/mol. The molecule has 1 aromatic heterocycles. The summed E-state index contributed by atoms with van der Waals surface area (Å²) in [5.41, 5.74) is 1.02. The average Bonchev–Trinajstić information content (AvgIpc) is 2.70. The molecular formula is C20H24Br2N4O3. The highest BCUT2D eigenvalue weighted by Gasteiger charge is 2.32. The summed E-state index contributed by atoms with van der Waals surface area (Å²) >= 11 is 6.56. The fraction of sp³-hybridized carbons (Fsp3) is 0.400. The van der Waals surface area contributed by atoms with Crippen molar-refractivity contribution in [2.24, 2.45) is 0 Å². The number of para-hydroxylation sites is 1. The molecule has 0 atom stereocenters. The van der Waals surface area contributed by atoms with Crippen molar-refractivity contribution in [3.8, 4) is 5.75 Å². The van der Waals surface area contributed by atoms with Crippen LogP contribution in [0.1, 0.15) is 5.56 Å². The van der Waals surface area contributed by atoms with E-state index in [4.69, 9.17) is 9.47 Å². The zero-order valence-corrected chi connectivity index (χ0v) is 19.6. The molecule has 0 saturated carbocycles. The summed E-state index contributed by atoms with van der Waals surface area (Å²) in [6, 6.07) is 13.7. The van der Waals surface area contributed by atoms with Crippen LogP contribution >= 0.6 is 31.9 Å². The molecule has 2 aromatic rings. The van der Waals surface area contributed by atoms with E-state index in [-0.39, 0.29) is 0 Å². The van der Waals surface area contributed by atoms with Crippen LogP contribution < -0.4 is 9.64 Å². The second-order valence-electron chi connectivity index (χ2n) is 6.89. The number of hydrogen-bond donors (Lipinski definition) is 0. The molecule has 1 saturated heterocycles. The number of halogens is 2. The molecule has 1 aromatic carbocycles. The molecule has 156 valence electrons. The van der Waals surface area contributed by atoms with Gasteiger partial charge in [-0.25, -0.2) is 9.78 Å². The van der Waals surface area contributed by atoms with E-state index < -0.39 is 9.70 Å². The third-order valence-electron chi connectivity index (χ3n) is 4.51. The van der Waals surface area contributed by atoms with E-state index in [1.165, 1.54) is 4.90 Å². The number of carbonyl (C=O) groups is 1. The Kier molecular flexibility index (Phi) is 7.37. The number of nitrogens with zero attached hydrogens (tertiary/aromatic N) is 4. The number of piperazine rings is 1. The second kappa shape index (κ2) is 9.77. The molecule has 9 heteroatoms. The average molecular weight is 528 g/mol. The first-order valence-corrected chi connectivity index (χ1v) is 10.9. The number of aromatic nitrogens is 1. The Morgan fingerprint density at radius 1 is 1.10 bits per heavy atom. The van der Waals surface area contributed by atoms with Gasteiger partial charge in [-0.2, -0.15) is 0 Å². The molecule has 0 radical (unpaired) electrons. The normalized spacial score (nSPS) is 15.1. The minimum absolute atomic E-state index is 0.526. The number of hydrogen-bond acceptors (Lipinski definition) is 6. The van der Waals surface area contributed by atoms with E-state index >= 15 is 0 Å². The predicted octanol–water partition coefficient (Wildman–Crippen LogP) is 3.88. The van der Waals surface area contributed by atoms with E-state index in [1.807, 2.05) is 48.7 Å². The number of pyridine rings is 1. The fourth-order valence-corrected chi connectivity index (χ4v) is 3.62. The van der Waals surface area contributed by atoms with Crippen molar-refractivity contribution in [2.45, 2.75) is 10.2 Å². The van der Waals surface area contributed by atoms with Crippen LogP contribution in [0.15, 0.2) is 48.7 Å². The van der Waals surface area contributed by atoms with Gasteiger partial charge >= 0.3 is 9.70 Å². The highest BCUT2D eigenvalue weighted by Crippen LogP contribution is 2.34. The molecule has 0 spiro atoms. The van der Waals surface area contributed by atoms with Gasteiger partial charge in [-0.3, -0.25) is 4.90 Å². The van der Waals surface area contributed by atoms with Crippen LogP contribution in [-0.4, -0.2) is 64.8 Å². The van der Waals surface area contributed by atoms with Crippen molar-refractivity contribution < 1.29 is 14.3 Å². The van der Waals surface area contributed by atoms with Gasteiger partial charge < -0.3 is 19.3 Å². The molecular weight excluding hydrogens is 504 g/mol. The van der Waals surface area contributed by atoms with Crippen molar-refractivity contribution in [1.29, 1.82) is 0 Å². The first kappa shape index (κ1) is 21.9. The number of rotatable bonds is 6. The molecule has 3 rings (SSSR count). The highest BCUT2D eigenvalue weighted by atomic mass is 79.9. The minimum atomic E-state index is -1.44. The highest BCUT2D eigenvalue weighted by molar-refractivity contribution is 9.25. The van der Waals surface area contributed by atoms with Crippen LogP contribution in [0.25, 0.3) is 0 Å². The van der Waals surface area contributed by atoms with Gasteiger partial charge in [0.1, 0.15) is 11.6 Å². The van der Waals surface area contributed by atoms with Gasteiger partial charge in [-0.15, -0.1) is 0 Å². The number of alkyl halides is 2. The first-order chi connectivity index (χ1) is 13.8. The number of amides is 1. The molecule has 1 amide bonds. The monoisotopic (exact) mass is 526 g/mol. The molecule has 1 aliphatic rings. The zero-order valence-electron chi connectivity index (χ0n) is 16.4. The summed E-state index contributed by atoms with van der Waals surface area (Å²) in [6.07, 6.45) is 1.30. The summed E-state index contributed by atoms with van der Waals surface area (Å²) in [6.45, 7) is 4.43. The van der Waals surface area contributed by atoms with Crippen molar-refractivity contribution in [2.75, 3.05) is 45.2 Å². The number of carbonyl (C=O) groups excluding carboxylic acids is 1. The van der Waals surface area contributed by atoms with Crippen LogP contribution in [0.5, 0.6) is 5.75 Å². The largest absolute Gasteiger partial charge is 0.434 e. The standard InChI is InChI=1S/C20H24Br2N4O3/c1-24(2)19(27)29-20(21,22)28-17-8-4-3-7-16(17)15-25-11-13-26(14-12-25)18-9-5-6-10-23-18/h3-10H,11-15H2,1-2H3. The van der Waals surface area contributed by atoms with Gasteiger partial charge in [0, 0.05) is 90.4 Å². The smallest absolute Gasteiger partial charge is 0.413 e. The summed E-state index contributed by atoms with van der Waals surface area (Å²) in [4.78, 5) is 22.3. The minimum Gasteiger partial charge on any atom is -0.434 e. The lowest BCUT2D eigenvalue weighted by Crippen LogP contribution is -2.46. The van der Waals surface area contributed by atoms with Gasteiger partial charge in [-0.05, 0) is 18.2 Å². The second-order valence-corrected chi connectivity index (χ2v) is 10.0. The summed E-state index contributed by atoms with van der Waals surface area (Å²) in [7, 11) is 3.22. The molecule has 1 fully saturated rings. The maximum atomic E-state index is 11.8. The van der Waals surface area contributed by atoms with E-state index in [0.717, 1.165) is 44.1 Å². The van der Waals surface area contributed by atoms with E-state index in [2.05, 4.69) is 46.6 Å². The van der Waals surface area contributed by atoms with E-state index in [9.17, 15) is 4.79 Å². The van der Waals surface area contributed by atoms with Gasteiger partial charge in [-0.1, -0.05) is 24.3 Å². The number of anilines is 1. The van der Waals surface area contributed by atoms with Gasteiger partial charge in [0.15, 0.2) is 0 Å². The Balaban J connectivity index is 1.60. The van der Waals surface area contributed by atoms with Crippen LogP contribution in [0.2, 0.25) is 0 Å². The van der Waals surface area contributed by atoms with Crippen molar-refractivity contribution >= 4 is 43.8 Å². The van der Waals surface area contributed by atoms with Crippen LogP contribution in [0.4, 0.5) is 10.6 Å². The molecule has 0 aliphatic carbocycles. The maximum Gasteiger partial charge on any atom is 0.413 e. The SMILES string of the molecule is CN(C)C(=O)OC(Br)(Br)Oc1ccccc1CN1CCN(c2ccccn2)CC1. The van der Waals surface area contributed by atoms with Crippen LogP contribution in [0, 0.1) is 0 Å². The Bertz CT molecular complexity index is 812. The quantitative estimate of drug-likeness (QED) is 0.419. The third-order valence-corrected chi connectivity index (χ3v) is 5.16. The Labute approximate surface area is 187 Å². The Hall–Kier alpha value is -1.84. The number of benzene rings is 1. The topological polar surface area (TPSA) is 58.1 Å². The molecule has 29 heavy (non-hydrogen) atoms. The van der Waals surface area contributed by atoms with Gasteiger partial charge in [0.2, 0.25) is 0 Å². The van der Waals surface area contributed by atoms with E-state index in [0.29, 0.717) is 5.75 Å². The molecule has 0 N–H and O–H groups in total. The number of ether oxygens (including phenoxy) is 2. The molecule has 1 aliphatic heterocycles. The lowest BCUT2D eigenvalue weighted by molar-refractivity contribution is 0.00321. The van der Waals surface area contributed by atoms with Gasteiger partial charge in [0.05, 0.1) is 0 Å². The molecule has 2 heterocycles. The van der Waals surface area contributed by atoms with Crippen LogP contribution in [-0.2, 0) is 11.3 Å². The molecule has 0 unspecified atom stereocenters. The lowest BCUT2D eigenvalue weighted by atomic mass is 10.1. The molecule has 7 nitrogen and oxygen atoms in total. The molecule has 0 bridgehead atoms. The summed E-state index contributed by atoms with van der Waals surface area (Å²) in [5, 5.41) is 0. The van der Waals surface area contributed by atoms with E-state index in [1.54, 1.807) is 14.1 Å². The lowest BCUT2D eigenvalue weighted by Gasteiger charge is -2.35. The van der Waals surface area contributed by atoms with Crippen LogP contribution in [0.3, 0.4) is 0 Å². The summed E-state index contributed by atoms with van der Waals surface area (Å²) < 4.78 is 9.75. The Morgan fingerprint density at radius 2 is 1.79 bits per heavy atom. The van der Waals surface area contributed by atoms with Crippen molar-refractivity contribution in [3.05, 3.63) is 54.2 Å². The maximum absolute atomic E-state index is 11.8. The fourth-order valence-electron chi connectivity index (χ4n) is 2.99. The zero-order chi connectivity index (χ0) is 20.9. The first-order valence-electron chi connectivity index (χ1n) is 9.27. The van der Waals surface area contributed by atoms with Crippen molar-refractivity contribution in [3.63, 3.8) is 0 Å². The third kappa shape index (κ3) is 6.32. The Morgan fingerprint density at radius 3 is 2.45 bits per heavy atom. The van der Waals surface area contributed by atoms with Gasteiger partial charge in [0.25, 0.3) is 0 Å².